The SMILES string of the molecule is Cc1ccc(NCCCS(C)(=O)=O)c([N+](=O)[O-])c1. The lowest BCUT2D eigenvalue weighted by Gasteiger charge is -2.07. The van der Waals surface area contributed by atoms with Crippen LogP contribution in [-0.2, 0) is 9.84 Å². The molecule has 0 atom stereocenters. The van der Waals surface area contributed by atoms with Crippen LogP contribution < -0.4 is 5.32 Å². The molecule has 1 aromatic rings. The number of benzene rings is 1. The van der Waals surface area contributed by atoms with E-state index in [4.69, 9.17) is 0 Å². The number of rotatable bonds is 6. The minimum absolute atomic E-state index is 0.00866. The van der Waals surface area contributed by atoms with E-state index >= 15 is 0 Å². The van der Waals surface area contributed by atoms with Crippen LogP contribution in [0.4, 0.5) is 11.4 Å². The van der Waals surface area contributed by atoms with E-state index in [0.29, 0.717) is 18.7 Å². The predicted molar refractivity (Wildman–Crippen MR) is 70.7 cm³/mol. The van der Waals surface area contributed by atoms with Crippen molar-refractivity contribution in [2.75, 3.05) is 23.9 Å². The quantitative estimate of drug-likeness (QED) is 0.484. The number of nitrogens with one attached hydrogen (secondary N) is 1. The van der Waals surface area contributed by atoms with Gasteiger partial charge in [-0.15, -0.1) is 0 Å². The van der Waals surface area contributed by atoms with Crippen molar-refractivity contribution in [2.45, 2.75) is 13.3 Å². The molecule has 0 bridgehead atoms. The molecule has 1 rings (SSSR count). The molecule has 7 heteroatoms. The average Bonchev–Trinajstić information content (AvgIpc) is 2.24. The Balaban J connectivity index is 2.65. The lowest BCUT2D eigenvalue weighted by Crippen LogP contribution is -2.10. The number of nitrogens with zero attached hydrogens (tertiary/aromatic N) is 1. The Hall–Kier alpha value is -1.63. The zero-order chi connectivity index (χ0) is 13.8. The summed E-state index contributed by atoms with van der Waals surface area (Å²) < 4.78 is 21.9. The number of hydrogen-bond donors (Lipinski definition) is 1. The summed E-state index contributed by atoms with van der Waals surface area (Å²) in [6.45, 7) is 2.16. The smallest absolute Gasteiger partial charge is 0.292 e. The van der Waals surface area contributed by atoms with Gasteiger partial charge in [0.1, 0.15) is 15.5 Å². The van der Waals surface area contributed by atoms with Crippen LogP contribution in [0, 0.1) is 17.0 Å². The maximum absolute atomic E-state index is 10.9. The highest BCUT2D eigenvalue weighted by atomic mass is 32.2. The van der Waals surface area contributed by atoms with Gasteiger partial charge in [-0.2, -0.15) is 0 Å². The van der Waals surface area contributed by atoms with Crippen LogP contribution in [-0.4, -0.2) is 31.9 Å². The maximum atomic E-state index is 10.9. The molecule has 0 spiro atoms. The van der Waals surface area contributed by atoms with Crippen molar-refractivity contribution in [3.05, 3.63) is 33.9 Å². The first kappa shape index (κ1) is 14.4. The largest absolute Gasteiger partial charge is 0.379 e. The van der Waals surface area contributed by atoms with Crippen LogP contribution in [0.3, 0.4) is 0 Å². The predicted octanol–water partition coefficient (Wildman–Crippen LogP) is 1.75. The van der Waals surface area contributed by atoms with Gasteiger partial charge in [0.25, 0.3) is 5.69 Å². The van der Waals surface area contributed by atoms with Crippen molar-refractivity contribution < 1.29 is 13.3 Å². The minimum atomic E-state index is -2.99. The van der Waals surface area contributed by atoms with E-state index in [-0.39, 0.29) is 11.4 Å². The monoisotopic (exact) mass is 272 g/mol. The molecule has 0 heterocycles. The van der Waals surface area contributed by atoms with Crippen LogP contribution in [0.1, 0.15) is 12.0 Å². The van der Waals surface area contributed by atoms with Crippen molar-refractivity contribution in [1.29, 1.82) is 0 Å². The summed E-state index contributed by atoms with van der Waals surface area (Å²) in [7, 11) is -2.99. The lowest BCUT2D eigenvalue weighted by molar-refractivity contribution is -0.384. The summed E-state index contributed by atoms with van der Waals surface area (Å²) in [5, 5.41) is 13.7. The Morgan fingerprint density at radius 2 is 2.06 bits per heavy atom. The first-order valence-electron chi connectivity index (χ1n) is 5.46. The number of aryl methyl sites for hydroxylation is 1. The van der Waals surface area contributed by atoms with Gasteiger partial charge in [0.05, 0.1) is 10.7 Å². The van der Waals surface area contributed by atoms with Gasteiger partial charge in [-0.1, -0.05) is 6.07 Å². The van der Waals surface area contributed by atoms with Crippen LogP contribution in [0.15, 0.2) is 18.2 Å². The second kappa shape index (κ2) is 5.81. The van der Waals surface area contributed by atoms with Crippen LogP contribution in [0.5, 0.6) is 0 Å². The van der Waals surface area contributed by atoms with Gasteiger partial charge < -0.3 is 5.32 Å². The summed E-state index contributed by atoms with van der Waals surface area (Å²) in [5.41, 5.74) is 1.23. The van der Waals surface area contributed by atoms with Crippen LogP contribution >= 0.6 is 0 Å². The normalized spacial score (nSPS) is 11.2. The van der Waals surface area contributed by atoms with E-state index in [1.807, 2.05) is 0 Å². The number of nitro benzene ring substituents is 1. The summed E-state index contributed by atoms with van der Waals surface area (Å²) in [6.07, 6.45) is 1.59. The molecule has 18 heavy (non-hydrogen) atoms. The Bertz CT molecular complexity index is 540. The number of anilines is 1. The summed E-state index contributed by atoms with van der Waals surface area (Å²) in [4.78, 5) is 10.4. The molecule has 0 saturated carbocycles. The third-order valence-electron chi connectivity index (χ3n) is 2.36. The standard InChI is InChI=1S/C11H16N2O4S/c1-9-4-5-10(11(8-9)13(14)15)12-6-3-7-18(2,16)17/h4-5,8,12H,3,6-7H2,1-2H3. The molecule has 0 fully saturated rings. The molecule has 0 aliphatic carbocycles. The van der Waals surface area contributed by atoms with Crippen molar-refractivity contribution in [1.82, 2.24) is 0 Å². The van der Waals surface area contributed by atoms with Gasteiger partial charge >= 0.3 is 0 Å². The molecule has 0 aromatic heterocycles. The molecule has 100 valence electrons. The number of hydrogen-bond acceptors (Lipinski definition) is 5. The van der Waals surface area contributed by atoms with Gasteiger partial charge in [-0.25, -0.2) is 8.42 Å². The second-order valence-corrected chi connectivity index (χ2v) is 6.45. The molecule has 1 aromatic carbocycles. The van der Waals surface area contributed by atoms with Gasteiger partial charge in [0.2, 0.25) is 0 Å². The summed E-state index contributed by atoms with van der Waals surface area (Å²) in [6, 6.07) is 4.89. The van der Waals surface area contributed by atoms with Gasteiger partial charge in [-0.05, 0) is 25.0 Å². The number of nitro groups is 1. The third kappa shape index (κ3) is 4.70. The summed E-state index contributed by atoms with van der Waals surface area (Å²) >= 11 is 0. The van der Waals surface area contributed by atoms with Crippen LogP contribution in [0.2, 0.25) is 0 Å². The third-order valence-corrected chi connectivity index (χ3v) is 3.39. The fourth-order valence-electron chi connectivity index (χ4n) is 1.50. The average molecular weight is 272 g/mol. The van der Waals surface area contributed by atoms with Gasteiger partial charge in [-0.3, -0.25) is 10.1 Å². The van der Waals surface area contributed by atoms with Crippen molar-refractivity contribution in [3.63, 3.8) is 0 Å². The second-order valence-electron chi connectivity index (χ2n) is 4.19. The molecular weight excluding hydrogens is 256 g/mol. The zero-order valence-electron chi connectivity index (χ0n) is 10.3. The molecule has 0 saturated heterocycles. The minimum Gasteiger partial charge on any atom is -0.379 e. The van der Waals surface area contributed by atoms with E-state index < -0.39 is 14.8 Å². The molecular formula is C11H16N2O4S. The molecule has 6 nitrogen and oxygen atoms in total. The highest BCUT2D eigenvalue weighted by molar-refractivity contribution is 7.90. The highest BCUT2D eigenvalue weighted by Gasteiger charge is 2.13. The molecule has 0 aliphatic heterocycles. The Morgan fingerprint density at radius 1 is 1.39 bits per heavy atom. The molecule has 0 radical (unpaired) electrons. The van der Waals surface area contributed by atoms with E-state index in [0.717, 1.165) is 5.56 Å². The Kier molecular flexibility index (Phi) is 4.66. The first-order valence-corrected chi connectivity index (χ1v) is 7.52. The van der Waals surface area contributed by atoms with E-state index in [1.54, 1.807) is 19.1 Å². The maximum Gasteiger partial charge on any atom is 0.292 e. The van der Waals surface area contributed by atoms with Crippen molar-refractivity contribution in [3.8, 4) is 0 Å². The van der Waals surface area contributed by atoms with E-state index in [1.165, 1.54) is 12.3 Å². The topological polar surface area (TPSA) is 89.3 Å². The molecule has 0 unspecified atom stereocenters. The fourth-order valence-corrected chi connectivity index (χ4v) is 2.17. The fraction of sp³-hybridized carbons (Fsp3) is 0.455. The van der Waals surface area contributed by atoms with E-state index in [9.17, 15) is 18.5 Å². The first-order chi connectivity index (χ1) is 8.29. The summed E-state index contributed by atoms with van der Waals surface area (Å²) in [5.74, 6) is 0.0691. The van der Waals surface area contributed by atoms with Crippen LogP contribution in [0.25, 0.3) is 0 Å². The Labute approximate surface area is 106 Å². The van der Waals surface area contributed by atoms with Crippen molar-refractivity contribution >= 4 is 21.2 Å². The van der Waals surface area contributed by atoms with Gasteiger partial charge in [0.15, 0.2) is 0 Å². The van der Waals surface area contributed by atoms with Gasteiger partial charge in [0, 0.05) is 18.9 Å². The molecule has 0 amide bonds. The lowest BCUT2D eigenvalue weighted by atomic mass is 10.2. The molecule has 1 N–H and O–H groups in total. The zero-order valence-corrected chi connectivity index (χ0v) is 11.2. The Morgan fingerprint density at radius 3 is 2.61 bits per heavy atom. The molecule has 0 aliphatic rings. The highest BCUT2D eigenvalue weighted by Crippen LogP contribution is 2.25. The van der Waals surface area contributed by atoms with Crippen molar-refractivity contribution in [2.24, 2.45) is 0 Å². The van der Waals surface area contributed by atoms with E-state index in [2.05, 4.69) is 5.32 Å². The number of sulfone groups is 1.